The molecule has 1 N–H and O–H groups in total. The fourth-order valence-electron chi connectivity index (χ4n) is 2.51. The Kier molecular flexibility index (Phi) is 5.18. The van der Waals surface area contributed by atoms with E-state index in [1.165, 1.54) is 6.07 Å². The molecular formula is C15H21BrFNO2. The number of nitrogens with zero attached hydrogens (tertiary/aromatic N) is 1. The van der Waals surface area contributed by atoms with Gasteiger partial charge in [-0.2, -0.15) is 0 Å². The maximum absolute atomic E-state index is 13.5. The van der Waals surface area contributed by atoms with Crippen LogP contribution < -0.4 is 0 Å². The highest BCUT2D eigenvalue weighted by molar-refractivity contribution is 9.10. The van der Waals surface area contributed by atoms with E-state index in [4.69, 9.17) is 4.74 Å². The van der Waals surface area contributed by atoms with E-state index in [9.17, 15) is 9.50 Å². The smallest absolute Gasteiger partial charge is 0.137 e. The first-order chi connectivity index (χ1) is 9.43. The van der Waals surface area contributed by atoms with Gasteiger partial charge < -0.3 is 9.84 Å². The number of aliphatic hydroxyl groups excluding tert-OH is 1. The Labute approximate surface area is 127 Å². The number of benzene rings is 1. The van der Waals surface area contributed by atoms with E-state index in [1.54, 1.807) is 6.07 Å². The highest BCUT2D eigenvalue weighted by Gasteiger charge is 2.35. The largest absolute Gasteiger partial charge is 0.391 e. The van der Waals surface area contributed by atoms with Crippen molar-refractivity contribution in [2.75, 3.05) is 26.3 Å². The van der Waals surface area contributed by atoms with Crippen LogP contribution in [0.25, 0.3) is 0 Å². The van der Waals surface area contributed by atoms with Gasteiger partial charge in [-0.25, -0.2) is 4.39 Å². The molecule has 112 valence electrons. The third-order valence-electron chi connectivity index (χ3n) is 4.09. The van der Waals surface area contributed by atoms with E-state index >= 15 is 0 Å². The lowest BCUT2D eigenvalue weighted by Crippen LogP contribution is -2.56. The molecule has 1 aromatic rings. The molecule has 1 aromatic carbocycles. The minimum atomic E-state index is -0.571. The Morgan fingerprint density at radius 2 is 2.05 bits per heavy atom. The third-order valence-corrected chi connectivity index (χ3v) is 4.97. The molecule has 0 bridgehead atoms. The van der Waals surface area contributed by atoms with Crippen LogP contribution in [0.2, 0.25) is 0 Å². The summed E-state index contributed by atoms with van der Waals surface area (Å²) in [6.45, 7) is 7.06. The average Bonchev–Trinajstić information content (AvgIpc) is 2.44. The van der Waals surface area contributed by atoms with Gasteiger partial charge in [-0.05, 0) is 41.4 Å². The first kappa shape index (κ1) is 15.9. The van der Waals surface area contributed by atoms with E-state index in [1.807, 2.05) is 19.9 Å². The number of ether oxygens (including phenoxy) is 1. The monoisotopic (exact) mass is 345 g/mol. The van der Waals surface area contributed by atoms with Crippen molar-refractivity contribution >= 4 is 15.9 Å². The van der Waals surface area contributed by atoms with E-state index in [-0.39, 0.29) is 11.4 Å². The standard InChI is InChI=1S/C15H21BrFNO2/c1-15(2,18-6-8-20-9-7-18)13(19)10-11-4-3-5-12(17)14(11)16/h3-5,13,19H,6-10H2,1-2H3. The SMILES string of the molecule is CC(C)(C(O)Cc1cccc(F)c1Br)N1CCOCC1. The van der Waals surface area contributed by atoms with Crippen LogP contribution in [-0.2, 0) is 11.2 Å². The number of hydrogen-bond donors (Lipinski definition) is 1. The minimum Gasteiger partial charge on any atom is -0.391 e. The number of rotatable bonds is 4. The zero-order chi connectivity index (χ0) is 14.8. The Balaban J connectivity index is 2.09. The molecule has 1 atom stereocenters. The maximum atomic E-state index is 13.5. The highest BCUT2D eigenvalue weighted by atomic mass is 79.9. The lowest BCUT2D eigenvalue weighted by Gasteiger charge is -2.43. The fraction of sp³-hybridized carbons (Fsp3) is 0.600. The number of morpholine rings is 1. The normalized spacial score (nSPS) is 19.1. The van der Waals surface area contributed by atoms with Gasteiger partial charge in [0.25, 0.3) is 0 Å². The number of aliphatic hydroxyl groups is 1. The molecule has 0 saturated carbocycles. The van der Waals surface area contributed by atoms with Crippen LogP contribution in [0.15, 0.2) is 22.7 Å². The molecule has 1 saturated heterocycles. The van der Waals surface area contributed by atoms with Gasteiger partial charge in [0.2, 0.25) is 0 Å². The molecule has 3 nitrogen and oxygen atoms in total. The molecule has 0 amide bonds. The van der Waals surface area contributed by atoms with Crippen molar-refractivity contribution < 1.29 is 14.2 Å². The van der Waals surface area contributed by atoms with Gasteiger partial charge in [-0.1, -0.05) is 12.1 Å². The number of hydrogen-bond acceptors (Lipinski definition) is 3. The predicted octanol–water partition coefficient (Wildman–Crippen LogP) is 2.60. The molecule has 2 rings (SSSR count). The van der Waals surface area contributed by atoms with Crippen LogP contribution in [0, 0.1) is 5.82 Å². The zero-order valence-corrected chi connectivity index (χ0v) is 13.5. The summed E-state index contributed by atoms with van der Waals surface area (Å²) in [5, 5.41) is 10.6. The topological polar surface area (TPSA) is 32.7 Å². The molecule has 0 radical (unpaired) electrons. The van der Waals surface area contributed by atoms with E-state index in [0.29, 0.717) is 24.1 Å². The molecule has 1 fully saturated rings. The van der Waals surface area contributed by atoms with Crippen LogP contribution in [0.5, 0.6) is 0 Å². The molecule has 1 heterocycles. The molecule has 1 aliphatic heterocycles. The van der Waals surface area contributed by atoms with Crippen molar-refractivity contribution in [3.63, 3.8) is 0 Å². The Morgan fingerprint density at radius 1 is 1.40 bits per heavy atom. The van der Waals surface area contributed by atoms with E-state index < -0.39 is 6.10 Å². The summed E-state index contributed by atoms with van der Waals surface area (Å²) in [6, 6.07) is 4.92. The van der Waals surface area contributed by atoms with Gasteiger partial charge in [0.05, 0.1) is 23.8 Å². The predicted molar refractivity (Wildman–Crippen MR) is 80.3 cm³/mol. The molecule has 0 aliphatic carbocycles. The van der Waals surface area contributed by atoms with Crippen molar-refractivity contribution in [3.05, 3.63) is 34.1 Å². The van der Waals surface area contributed by atoms with Gasteiger partial charge in [-0.3, -0.25) is 4.90 Å². The van der Waals surface area contributed by atoms with Gasteiger partial charge in [0, 0.05) is 25.0 Å². The second-order valence-corrected chi connectivity index (χ2v) is 6.48. The fourth-order valence-corrected chi connectivity index (χ4v) is 2.94. The summed E-state index contributed by atoms with van der Waals surface area (Å²) in [4.78, 5) is 2.23. The Morgan fingerprint density at radius 3 is 2.70 bits per heavy atom. The molecule has 0 spiro atoms. The minimum absolute atomic E-state index is 0.293. The van der Waals surface area contributed by atoms with Crippen LogP contribution in [0.4, 0.5) is 4.39 Å². The van der Waals surface area contributed by atoms with Crippen LogP contribution in [0.1, 0.15) is 19.4 Å². The molecular weight excluding hydrogens is 325 g/mol. The zero-order valence-electron chi connectivity index (χ0n) is 11.9. The molecule has 1 aliphatic rings. The summed E-state index contributed by atoms with van der Waals surface area (Å²) in [5.74, 6) is -0.293. The summed E-state index contributed by atoms with van der Waals surface area (Å²) >= 11 is 3.25. The molecule has 1 unspecified atom stereocenters. The quantitative estimate of drug-likeness (QED) is 0.910. The van der Waals surface area contributed by atoms with E-state index in [0.717, 1.165) is 18.7 Å². The molecule has 0 aromatic heterocycles. The lowest BCUT2D eigenvalue weighted by molar-refractivity contribution is -0.0612. The van der Waals surface area contributed by atoms with Crippen molar-refractivity contribution in [1.29, 1.82) is 0 Å². The van der Waals surface area contributed by atoms with Crippen LogP contribution in [0.3, 0.4) is 0 Å². The average molecular weight is 346 g/mol. The summed E-state index contributed by atoms with van der Waals surface area (Å²) < 4.78 is 19.3. The molecule has 5 heteroatoms. The summed E-state index contributed by atoms with van der Waals surface area (Å²) in [6.07, 6.45) is -0.151. The first-order valence-electron chi connectivity index (χ1n) is 6.86. The second-order valence-electron chi connectivity index (χ2n) is 5.69. The highest BCUT2D eigenvalue weighted by Crippen LogP contribution is 2.27. The Bertz CT molecular complexity index is 461. The second kappa shape index (κ2) is 6.52. The van der Waals surface area contributed by atoms with Crippen molar-refractivity contribution in [1.82, 2.24) is 4.90 Å². The van der Waals surface area contributed by atoms with Gasteiger partial charge >= 0.3 is 0 Å². The third kappa shape index (κ3) is 3.39. The van der Waals surface area contributed by atoms with Gasteiger partial charge in [0.1, 0.15) is 5.82 Å². The summed E-state index contributed by atoms with van der Waals surface area (Å²) in [7, 11) is 0. The molecule has 20 heavy (non-hydrogen) atoms. The van der Waals surface area contributed by atoms with Gasteiger partial charge in [0.15, 0.2) is 0 Å². The van der Waals surface area contributed by atoms with Crippen molar-refractivity contribution in [3.8, 4) is 0 Å². The Hall–Kier alpha value is -0.490. The number of halogens is 2. The van der Waals surface area contributed by atoms with Crippen molar-refractivity contribution in [2.45, 2.75) is 31.9 Å². The van der Waals surface area contributed by atoms with Crippen molar-refractivity contribution in [2.24, 2.45) is 0 Å². The summed E-state index contributed by atoms with van der Waals surface area (Å²) in [5.41, 5.74) is 0.425. The van der Waals surface area contributed by atoms with E-state index in [2.05, 4.69) is 20.8 Å². The van der Waals surface area contributed by atoms with Crippen LogP contribution in [-0.4, -0.2) is 48.0 Å². The lowest BCUT2D eigenvalue weighted by atomic mass is 9.89. The van der Waals surface area contributed by atoms with Crippen LogP contribution >= 0.6 is 15.9 Å². The first-order valence-corrected chi connectivity index (χ1v) is 7.66. The van der Waals surface area contributed by atoms with Gasteiger partial charge in [-0.15, -0.1) is 0 Å². The maximum Gasteiger partial charge on any atom is 0.137 e.